The van der Waals surface area contributed by atoms with Gasteiger partial charge < -0.3 is 5.32 Å². The van der Waals surface area contributed by atoms with Gasteiger partial charge in [0.15, 0.2) is 5.12 Å². The van der Waals surface area contributed by atoms with Gasteiger partial charge in [-0.2, -0.15) is 0 Å². The Hall–Kier alpha value is -1.73. The number of amides is 1. The van der Waals surface area contributed by atoms with Gasteiger partial charge in [-0.1, -0.05) is 27.7 Å². The van der Waals surface area contributed by atoms with Crippen LogP contribution in [0.15, 0.2) is 52.0 Å². The molecule has 0 fully saturated rings. The number of pyridine rings is 1. The van der Waals surface area contributed by atoms with Crippen molar-refractivity contribution in [2.75, 3.05) is 0 Å². The van der Waals surface area contributed by atoms with Gasteiger partial charge in [0.2, 0.25) is 6.41 Å². The molecule has 0 aliphatic heterocycles. The normalized spacial score (nSPS) is 11.7. The van der Waals surface area contributed by atoms with Crippen molar-refractivity contribution >= 4 is 39.2 Å². The van der Waals surface area contributed by atoms with Crippen LogP contribution in [0.5, 0.6) is 0 Å². The van der Waals surface area contributed by atoms with Crippen molar-refractivity contribution in [1.29, 1.82) is 0 Å². The molecule has 4 nitrogen and oxygen atoms in total. The highest BCUT2D eigenvalue weighted by molar-refractivity contribution is 9.10. The summed E-state index contributed by atoms with van der Waals surface area (Å²) in [6, 6.07) is 9.18. The number of hydrogen-bond donors (Lipinski definition) is 1. The first-order valence-electron chi connectivity index (χ1n) is 6.36. The van der Waals surface area contributed by atoms with E-state index in [1.807, 2.05) is 12.1 Å². The van der Waals surface area contributed by atoms with Crippen LogP contribution >= 0.6 is 27.7 Å². The molecule has 0 aliphatic carbocycles. The van der Waals surface area contributed by atoms with E-state index in [0.717, 1.165) is 21.1 Å². The van der Waals surface area contributed by atoms with Crippen molar-refractivity contribution in [3.8, 4) is 0 Å². The Morgan fingerprint density at radius 2 is 2.09 bits per heavy atom. The van der Waals surface area contributed by atoms with Gasteiger partial charge in [-0.05, 0) is 36.4 Å². The molecule has 0 saturated carbocycles. The second kappa shape index (κ2) is 8.05. The lowest BCUT2D eigenvalue weighted by atomic mass is 10.1. The van der Waals surface area contributed by atoms with E-state index >= 15 is 0 Å². The molecule has 0 spiro atoms. The van der Waals surface area contributed by atoms with Crippen LogP contribution in [0.4, 0.5) is 4.39 Å². The number of benzene rings is 1. The summed E-state index contributed by atoms with van der Waals surface area (Å²) in [6.45, 7) is 0. The lowest BCUT2D eigenvalue weighted by Gasteiger charge is -2.15. The van der Waals surface area contributed by atoms with Crippen LogP contribution in [-0.4, -0.2) is 16.5 Å². The average Bonchev–Trinajstić information content (AvgIpc) is 2.50. The monoisotopic (exact) mass is 382 g/mol. The maximum absolute atomic E-state index is 13.7. The van der Waals surface area contributed by atoms with Gasteiger partial charge in [0.25, 0.3) is 0 Å². The highest BCUT2D eigenvalue weighted by Gasteiger charge is 2.20. The van der Waals surface area contributed by atoms with Gasteiger partial charge in [0.05, 0.1) is 11.7 Å². The molecular weight excluding hydrogens is 371 g/mol. The minimum absolute atomic E-state index is 0.0482. The number of nitrogens with zero attached hydrogens (tertiary/aromatic N) is 1. The molecule has 114 valence electrons. The van der Waals surface area contributed by atoms with E-state index in [0.29, 0.717) is 6.41 Å². The lowest BCUT2D eigenvalue weighted by molar-refractivity contribution is -0.112. The fourth-order valence-corrected chi connectivity index (χ4v) is 2.86. The number of carbonyl (C=O) groups excluding carboxylic acids is 2. The Bertz CT molecular complexity index is 667. The summed E-state index contributed by atoms with van der Waals surface area (Å²) in [5.74, 6) is -0.553. The zero-order valence-corrected chi connectivity index (χ0v) is 13.7. The molecule has 1 amide bonds. The quantitative estimate of drug-likeness (QED) is 0.613. The van der Waals surface area contributed by atoms with Gasteiger partial charge in [-0.25, -0.2) is 4.39 Å². The number of thioether (sulfide) groups is 1. The van der Waals surface area contributed by atoms with E-state index < -0.39 is 11.9 Å². The van der Waals surface area contributed by atoms with Crippen LogP contribution in [0, 0.1) is 5.82 Å². The van der Waals surface area contributed by atoms with E-state index in [1.165, 1.54) is 18.3 Å². The van der Waals surface area contributed by atoms with Crippen LogP contribution in [0.1, 0.15) is 18.2 Å². The molecule has 1 aromatic carbocycles. The minimum atomic E-state index is -0.783. The van der Waals surface area contributed by atoms with Gasteiger partial charge >= 0.3 is 0 Å². The van der Waals surface area contributed by atoms with Crippen molar-refractivity contribution in [3.05, 3.63) is 58.6 Å². The van der Waals surface area contributed by atoms with E-state index in [4.69, 9.17) is 0 Å². The molecule has 1 heterocycles. The summed E-state index contributed by atoms with van der Waals surface area (Å²) in [6.07, 6.45) is 1.81. The second-order valence-corrected chi connectivity index (χ2v) is 6.39. The standard InChI is InChI=1S/C15H12BrFN2O2S/c16-10-3-5-11(6-4-10)22-14(21)8-13(19-9-20)15-12(17)2-1-7-18-15/h1-7,9,13H,8H2,(H,19,20)/t13-/m1/s1. The van der Waals surface area contributed by atoms with Crippen LogP contribution in [-0.2, 0) is 9.59 Å². The molecule has 22 heavy (non-hydrogen) atoms. The Balaban J connectivity index is 2.07. The predicted molar refractivity (Wildman–Crippen MR) is 85.8 cm³/mol. The summed E-state index contributed by atoms with van der Waals surface area (Å²) in [5, 5.41) is 2.25. The van der Waals surface area contributed by atoms with E-state index in [2.05, 4.69) is 26.2 Å². The summed E-state index contributed by atoms with van der Waals surface area (Å²) >= 11 is 4.36. The zero-order chi connectivity index (χ0) is 15.9. The molecule has 2 rings (SSSR count). The van der Waals surface area contributed by atoms with E-state index in [1.54, 1.807) is 12.1 Å². The summed E-state index contributed by atoms with van der Waals surface area (Å²) < 4.78 is 14.7. The van der Waals surface area contributed by atoms with Gasteiger partial charge in [-0.15, -0.1) is 0 Å². The molecular formula is C15H12BrFN2O2S. The number of hydrogen-bond acceptors (Lipinski definition) is 4. The third-order valence-electron chi connectivity index (χ3n) is 2.80. The number of nitrogens with one attached hydrogen (secondary N) is 1. The Kier molecular flexibility index (Phi) is 6.09. The lowest BCUT2D eigenvalue weighted by Crippen LogP contribution is -2.23. The third kappa shape index (κ3) is 4.64. The first kappa shape index (κ1) is 16.6. The van der Waals surface area contributed by atoms with Crippen molar-refractivity contribution < 1.29 is 14.0 Å². The molecule has 0 radical (unpaired) electrons. The maximum atomic E-state index is 13.7. The van der Waals surface area contributed by atoms with E-state index in [9.17, 15) is 14.0 Å². The number of rotatable bonds is 6. The molecule has 1 aromatic heterocycles. The fourth-order valence-electron chi connectivity index (χ4n) is 1.81. The van der Waals surface area contributed by atoms with Crippen molar-refractivity contribution in [3.63, 3.8) is 0 Å². The Labute approximate surface area is 139 Å². The summed E-state index contributed by atoms with van der Waals surface area (Å²) in [4.78, 5) is 27.5. The summed E-state index contributed by atoms with van der Waals surface area (Å²) in [5.41, 5.74) is 0.0550. The maximum Gasteiger partial charge on any atom is 0.207 e. The average molecular weight is 383 g/mol. The molecule has 1 N–H and O–H groups in total. The SMILES string of the molecule is O=CN[C@H](CC(=O)Sc1ccc(Br)cc1)c1ncccc1F. The number of aromatic nitrogens is 1. The van der Waals surface area contributed by atoms with Crippen LogP contribution < -0.4 is 5.32 Å². The highest BCUT2D eigenvalue weighted by atomic mass is 79.9. The molecule has 2 aromatic rings. The number of carbonyl (C=O) groups is 2. The predicted octanol–water partition coefficient (Wildman–Crippen LogP) is 3.48. The first-order chi connectivity index (χ1) is 10.6. The smallest absolute Gasteiger partial charge is 0.207 e. The fraction of sp³-hybridized carbons (Fsp3) is 0.133. The molecule has 0 unspecified atom stereocenters. The van der Waals surface area contributed by atoms with Gasteiger partial charge in [0.1, 0.15) is 5.82 Å². The van der Waals surface area contributed by atoms with Crippen molar-refractivity contribution in [1.82, 2.24) is 10.3 Å². The van der Waals surface area contributed by atoms with Gasteiger partial charge in [-0.3, -0.25) is 14.6 Å². The molecule has 1 atom stereocenters. The van der Waals surface area contributed by atoms with Crippen LogP contribution in [0.3, 0.4) is 0 Å². The van der Waals surface area contributed by atoms with Crippen molar-refractivity contribution in [2.24, 2.45) is 0 Å². The Morgan fingerprint density at radius 1 is 1.36 bits per heavy atom. The molecule has 0 bridgehead atoms. The van der Waals surface area contributed by atoms with Crippen molar-refractivity contribution in [2.45, 2.75) is 17.4 Å². The summed E-state index contributed by atoms with van der Waals surface area (Å²) in [7, 11) is 0. The van der Waals surface area contributed by atoms with Gasteiger partial charge in [0, 0.05) is 22.0 Å². The minimum Gasteiger partial charge on any atom is -0.350 e. The molecule has 7 heteroatoms. The highest BCUT2D eigenvalue weighted by Crippen LogP contribution is 2.26. The third-order valence-corrected chi connectivity index (χ3v) is 4.23. The Morgan fingerprint density at radius 3 is 2.73 bits per heavy atom. The van der Waals surface area contributed by atoms with E-state index in [-0.39, 0.29) is 17.2 Å². The first-order valence-corrected chi connectivity index (χ1v) is 7.97. The topological polar surface area (TPSA) is 59.1 Å². The van der Waals surface area contributed by atoms with Crippen LogP contribution in [0.2, 0.25) is 0 Å². The molecule has 0 saturated heterocycles. The largest absolute Gasteiger partial charge is 0.350 e. The number of halogens is 2. The van der Waals surface area contributed by atoms with Crippen LogP contribution in [0.25, 0.3) is 0 Å². The zero-order valence-electron chi connectivity index (χ0n) is 11.3. The second-order valence-electron chi connectivity index (χ2n) is 4.34. The molecule has 0 aliphatic rings.